The quantitative estimate of drug-likeness (QED) is 0.749. The van der Waals surface area contributed by atoms with Gasteiger partial charge in [-0.15, -0.1) is 0 Å². The highest BCUT2D eigenvalue weighted by Gasteiger charge is 2.29. The van der Waals surface area contributed by atoms with Crippen LogP contribution in [0.2, 0.25) is 0 Å². The van der Waals surface area contributed by atoms with Crippen molar-refractivity contribution in [2.75, 3.05) is 16.5 Å². The number of nitrogens with zero attached hydrogens (tertiary/aromatic N) is 3. The number of aromatic nitrogens is 1. The van der Waals surface area contributed by atoms with Crippen LogP contribution in [0.15, 0.2) is 42.6 Å². The first-order valence-corrected chi connectivity index (χ1v) is 9.33. The molecule has 0 unspecified atom stereocenters. The van der Waals surface area contributed by atoms with Crippen molar-refractivity contribution in [1.29, 1.82) is 0 Å². The van der Waals surface area contributed by atoms with Crippen LogP contribution in [0.3, 0.4) is 0 Å². The number of para-hydroxylation sites is 2. The Balaban J connectivity index is 1.67. The van der Waals surface area contributed by atoms with Gasteiger partial charge in [-0.1, -0.05) is 31.4 Å². The molecule has 4 rings (SSSR count). The zero-order valence-electron chi connectivity index (χ0n) is 14.8. The van der Waals surface area contributed by atoms with Gasteiger partial charge in [0.1, 0.15) is 5.82 Å². The Bertz CT molecular complexity index is 704. The van der Waals surface area contributed by atoms with E-state index in [2.05, 4.69) is 60.0 Å². The van der Waals surface area contributed by atoms with Gasteiger partial charge >= 0.3 is 0 Å². The first kappa shape index (κ1) is 15.5. The molecule has 3 heteroatoms. The Kier molecular flexibility index (Phi) is 4.17. The third kappa shape index (κ3) is 2.77. The van der Waals surface area contributed by atoms with Gasteiger partial charge in [-0.2, -0.15) is 0 Å². The molecule has 0 spiro atoms. The van der Waals surface area contributed by atoms with Crippen molar-refractivity contribution < 1.29 is 0 Å². The summed E-state index contributed by atoms with van der Waals surface area (Å²) in [5.74, 6) is 1.81. The second-order valence-electron chi connectivity index (χ2n) is 7.40. The number of anilines is 3. The normalized spacial score (nSPS) is 18.3. The molecule has 1 saturated carbocycles. The summed E-state index contributed by atoms with van der Waals surface area (Å²) in [6.45, 7) is 5.40. The lowest BCUT2D eigenvalue weighted by Crippen LogP contribution is -2.33. The van der Waals surface area contributed by atoms with E-state index in [0.717, 1.165) is 18.4 Å². The van der Waals surface area contributed by atoms with Crippen molar-refractivity contribution in [2.24, 2.45) is 0 Å². The molecule has 2 aromatic rings. The molecule has 1 aliphatic carbocycles. The molecule has 24 heavy (non-hydrogen) atoms. The molecular weight excluding hydrogens is 294 g/mol. The van der Waals surface area contributed by atoms with E-state index in [1.165, 1.54) is 49.0 Å². The monoisotopic (exact) mass is 321 g/mol. The van der Waals surface area contributed by atoms with E-state index in [0.29, 0.717) is 6.04 Å². The molecule has 1 aromatic heterocycles. The molecule has 3 nitrogen and oxygen atoms in total. The summed E-state index contributed by atoms with van der Waals surface area (Å²) in [6, 6.07) is 13.7. The van der Waals surface area contributed by atoms with Gasteiger partial charge in [0.15, 0.2) is 0 Å². The van der Waals surface area contributed by atoms with Crippen LogP contribution in [-0.2, 0) is 0 Å². The molecule has 0 amide bonds. The predicted molar refractivity (Wildman–Crippen MR) is 101 cm³/mol. The second-order valence-corrected chi connectivity index (χ2v) is 7.40. The highest BCUT2D eigenvalue weighted by Crippen LogP contribution is 2.41. The summed E-state index contributed by atoms with van der Waals surface area (Å²) in [6.07, 6.45) is 8.81. The maximum atomic E-state index is 4.71. The Morgan fingerprint density at radius 3 is 2.50 bits per heavy atom. The van der Waals surface area contributed by atoms with E-state index in [-0.39, 0.29) is 0 Å². The smallest absolute Gasteiger partial charge is 0.134 e. The third-order valence-electron chi connectivity index (χ3n) is 5.52. The van der Waals surface area contributed by atoms with E-state index in [1.54, 1.807) is 0 Å². The first-order valence-electron chi connectivity index (χ1n) is 9.33. The number of pyridine rings is 1. The Morgan fingerprint density at radius 1 is 1.00 bits per heavy atom. The predicted octanol–water partition coefficient (Wildman–Crippen LogP) is 5.45. The highest BCUT2D eigenvalue weighted by molar-refractivity contribution is 5.81. The molecule has 0 bridgehead atoms. The average molecular weight is 321 g/mol. The topological polar surface area (TPSA) is 19.4 Å². The second kappa shape index (κ2) is 6.46. The van der Waals surface area contributed by atoms with E-state index in [4.69, 9.17) is 4.98 Å². The van der Waals surface area contributed by atoms with Crippen molar-refractivity contribution in [2.45, 2.75) is 57.9 Å². The molecular formula is C21H27N3. The Morgan fingerprint density at radius 2 is 1.75 bits per heavy atom. The number of rotatable bonds is 3. The molecule has 126 valence electrons. The first-order chi connectivity index (χ1) is 11.7. The third-order valence-corrected chi connectivity index (χ3v) is 5.52. The van der Waals surface area contributed by atoms with Gasteiger partial charge in [0, 0.05) is 12.2 Å². The Labute approximate surface area is 145 Å². The van der Waals surface area contributed by atoms with Crippen molar-refractivity contribution in [1.82, 2.24) is 4.98 Å². The molecule has 2 aliphatic rings. The van der Waals surface area contributed by atoms with Crippen LogP contribution in [0, 0.1) is 0 Å². The standard InChI is InChI=1S/C21H27N3/c1-16(2)23-15-24(20-11-7-6-10-19(20)23)21-14-18(12-13-22-21)17-8-4-3-5-9-17/h6-7,10-14,16-17H,3-5,8-9,15H2,1-2H3. The molecule has 1 aromatic carbocycles. The number of benzene rings is 1. The SMILES string of the molecule is CC(C)N1CN(c2cc(C3CCCCC3)ccn2)c2ccccc21. The van der Waals surface area contributed by atoms with Crippen molar-refractivity contribution in [3.8, 4) is 0 Å². The summed E-state index contributed by atoms with van der Waals surface area (Å²) < 4.78 is 0. The van der Waals surface area contributed by atoms with Crippen LogP contribution in [0.4, 0.5) is 17.2 Å². The summed E-state index contributed by atoms with van der Waals surface area (Å²) in [7, 11) is 0. The van der Waals surface area contributed by atoms with E-state index in [1.807, 2.05) is 6.20 Å². The molecule has 0 atom stereocenters. The van der Waals surface area contributed by atoms with Crippen molar-refractivity contribution >= 4 is 17.2 Å². The summed E-state index contributed by atoms with van der Waals surface area (Å²) >= 11 is 0. The number of hydrogen-bond donors (Lipinski definition) is 0. The lowest BCUT2D eigenvalue weighted by atomic mass is 9.84. The lowest BCUT2D eigenvalue weighted by molar-refractivity contribution is 0.443. The average Bonchev–Trinajstić information content (AvgIpc) is 3.03. The maximum absolute atomic E-state index is 4.71. The van der Waals surface area contributed by atoms with Crippen molar-refractivity contribution in [3.05, 3.63) is 48.2 Å². The molecule has 1 fully saturated rings. The largest absolute Gasteiger partial charge is 0.349 e. The summed E-state index contributed by atoms with van der Waals surface area (Å²) in [4.78, 5) is 9.52. The van der Waals surface area contributed by atoms with E-state index >= 15 is 0 Å². The van der Waals surface area contributed by atoms with Crippen LogP contribution in [0.1, 0.15) is 57.4 Å². The summed E-state index contributed by atoms with van der Waals surface area (Å²) in [5, 5.41) is 0. The van der Waals surface area contributed by atoms with Crippen LogP contribution in [-0.4, -0.2) is 17.7 Å². The fourth-order valence-electron chi connectivity index (χ4n) is 4.15. The van der Waals surface area contributed by atoms with Gasteiger partial charge < -0.3 is 9.80 Å². The zero-order valence-corrected chi connectivity index (χ0v) is 14.8. The van der Waals surface area contributed by atoms with Gasteiger partial charge in [0.05, 0.1) is 18.0 Å². The minimum absolute atomic E-state index is 0.484. The summed E-state index contributed by atoms with van der Waals surface area (Å²) in [5.41, 5.74) is 4.07. The van der Waals surface area contributed by atoms with Crippen LogP contribution < -0.4 is 9.80 Å². The minimum atomic E-state index is 0.484. The molecule has 0 radical (unpaired) electrons. The molecule has 2 heterocycles. The fourth-order valence-corrected chi connectivity index (χ4v) is 4.15. The number of fused-ring (bicyclic) bond motifs is 1. The fraction of sp³-hybridized carbons (Fsp3) is 0.476. The maximum Gasteiger partial charge on any atom is 0.134 e. The van der Waals surface area contributed by atoms with Crippen LogP contribution in [0.25, 0.3) is 0 Å². The van der Waals surface area contributed by atoms with Crippen molar-refractivity contribution in [3.63, 3.8) is 0 Å². The van der Waals surface area contributed by atoms with Gasteiger partial charge in [-0.25, -0.2) is 4.98 Å². The van der Waals surface area contributed by atoms with Gasteiger partial charge in [0.2, 0.25) is 0 Å². The molecule has 1 aliphatic heterocycles. The number of hydrogen-bond acceptors (Lipinski definition) is 3. The highest BCUT2D eigenvalue weighted by atomic mass is 15.4. The molecule has 0 saturated heterocycles. The van der Waals surface area contributed by atoms with E-state index in [9.17, 15) is 0 Å². The van der Waals surface area contributed by atoms with Crippen LogP contribution >= 0.6 is 0 Å². The van der Waals surface area contributed by atoms with Gasteiger partial charge in [-0.05, 0) is 62.4 Å². The Hall–Kier alpha value is -2.03. The van der Waals surface area contributed by atoms with Crippen LogP contribution in [0.5, 0.6) is 0 Å². The zero-order chi connectivity index (χ0) is 16.5. The lowest BCUT2D eigenvalue weighted by Gasteiger charge is -2.26. The van der Waals surface area contributed by atoms with Gasteiger partial charge in [-0.3, -0.25) is 0 Å². The van der Waals surface area contributed by atoms with E-state index < -0.39 is 0 Å². The molecule has 0 N–H and O–H groups in total. The minimum Gasteiger partial charge on any atom is -0.349 e. The van der Waals surface area contributed by atoms with Gasteiger partial charge in [0.25, 0.3) is 0 Å².